The molecule has 1 N–H and O–H groups in total. The number of nitrogens with one attached hydrogen (secondary N) is 1. The third-order valence-corrected chi connectivity index (χ3v) is 8.69. The van der Waals surface area contributed by atoms with Crippen LogP contribution in [0.4, 0.5) is 11.4 Å². The molecular weight excluding hydrogens is 550 g/mol. The first-order chi connectivity index (χ1) is 22.3. The first kappa shape index (κ1) is 25.4. The van der Waals surface area contributed by atoms with E-state index in [9.17, 15) is 0 Å². The topological polar surface area (TPSA) is 38.3 Å². The van der Waals surface area contributed by atoms with Crippen molar-refractivity contribution in [3.8, 4) is 33.4 Å². The molecule has 0 saturated heterocycles. The second kappa shape index (κ2) is 10.3. The number of hydrogen-bond acceptors (Lipinski definition) is 3. The Morgan fingerprint density at radius 1 is 0.333 bits per heavy atom. The standard InChI is InChI=1S/C42H27NO2/c1-3-11-27(12-4-1)29-21-23-37-33(25-29)41-35(17-9-19-39(41)44-37)43-36-18-10-20-40-42(36)34-26-30(22-24-38(34)45-40)32-16-8-7-15-31(32)28-13-5-2-6-14-28/h1-26,43H. The van der Waals surface area contributed by atoms with E-state index in [1.807, 2.05) is 30.3 Å². The minimum Gasteiger partial charge on any atom is -0.456 e. The molecule has 0 saturated carbocycles. The van der Waals surface area contributed by atoms with E-state index in [1.54, 1.807) is 0 Å². The Hall–Kier alpha value is -6.06. The average molecular weight is 578 g/mol. The largest absolute Gasteiger partial charge is 0.456 e. The van der Waals surface area contributed by atoms with E-state index in [2.05, 4.69) is 133 Å². The lowest BCUT2D eigenvalue weighted by molar-refractivity contribution is 0.669. The van der Waals surface area contributed by atoms with Crippen molar-refractivity contribution in [2.75, 3.05) is 5.32 Å². The maximum absolute atomic E-state index is 6.39. The summed E-state index contributed by atoms with van der Waals surface area (Å²) in [4.78, 5) is 0. The molecule has 2 heterocycles. The van der Waals surface area contributed by atoms with Gasteiger partial charge in [-0.3, -0.25) is 0 Å². The molecule has 212 valence electrons. The number of anilines is 2. The van der Waals surface area contributed by atoms with Crippen molar-refractivity contribution in [1.82, 2.24) is 0 Å². The van der Waals surface area contributed by atoms with Crippen molar-refractivity contribution in [3.63, 3.8) is 0 Å². The molecule has 3 heteroatoms. The molecule has 0 aliphatic heterocycles. The van der Waals surface area contributed by atoms with Gasteiger partial charge in [0.25, 0.3) is 0 Å². The summed E-state index contributed by atoms with van der Waals surface area (Å²) in [6.07, 6.45) is 0. The summed E-state index contributed by atoms with van der Waals surface area (Å²) in [7, 11) is 0. The van der Waals surface area contributed by atoms with E-state index < -0.39 is 0 Å². The van der Waals surface area contributed by atoms with Gasteiger partial charge in [0.1, 0.15) is 22.3 Å². The molecule has 0 atom stereocenters. The summed E-state index contributed by atoms with van der Waals surface area (Å²) < 4.78 is 12.7. The van der Waals surface area contributed by atoms with Crippen molar-refractivity contribution in [1.29, 1.82) is 0 Å². The van der Waals surface area contributed by atoms with Crippen LogP contribution in [-0.4, -0.2) is 0 Å². The highest BCUT2D eigenvalue weighted by Crippen LogP contribution is 2.42. The minimum atomic E-state index is 0.846. The Morgan fingerprint density at radius 2 is 0.822 bits per heavy atom. The highest BCUT2D eigenvalue weighted by molar-refractivity contribution is 6.16. The molecule has 0 amide bonds. The summed E-state index contributed by atoms with van der Waals surface area (Å²) in [5.74, 6) is 0. The lowest BCUT2D eigenvalue weighted by atomic mass is 9.94. The first-order valence-electron chi connectivity index (χ1n) is 15.2. The molecule has 0 aliphatic rings. The second-order valence-corrected chi connectivity index (χ2v) is 11.4. The Balaban J connectivity index is 1.20. The third-order valence-electron chi connectivity index (χ3n) is 8.69. The van der Waals surface area contributed by atoms with Crippen LogP contribution in [-0.2, 0) is 0 Å². The smallest absolute Gasteiger partial charge is 0.137 e. The zero-order valence-electron chi connectivity index (χ0n) is 24.3. The summed E-state index contributed by atoms with van der Waals surface area (Å²) >= 11 is 0. The molecule has 3 nitrogen and oxygen atoms in total. The van der Waals surface area contributed by atoms with Crippen LogP contribution in [0.5, 0.6) is 0 Å². The highest BCUT2D eigenvalue weighted by Gasteiger charge is 2.17. The van der Waals surface area contributed by atoms with Crippen molar-refractivity contribution < 1.29 is 8.83 Å². The Bertz CT molecular complexity index is 2510. The van der Waals surface area contributed by atoms with E-state index in [0.717, 1.165) is 66.4 Å². The molecule has 7 aromatic carbocycles. The van der Waals surface area contributed by atoms with Crippen LogP contribution in [0, 0.1) is 0 Å². The monoisotopic (exact) mass is 577 g/mol. The van der Waals surface area contributed by atoms with Crippen molar-refractivity contribution >= 4 is 55.3 Å². The van der Waals surface area contributed by atoms with Gasteiger partial charge in [0, 0.05) is 10.8 Å². The highest BCUT2D eigenvalue weighted by atomic mass is 16.3. The normalized spacial score (nSPS) is 11.6. The summed E-state index contributed by atoms with van der Waals surface area (Å²) in [5.41, 5.74) is 12.5. The Kier molecular flexibility index (Phi) is 5.82. The van der Waals surface area contributed by atoms with Crippen LogP contribution in [0.15, 0.2) is 167 Å². The average Bonchev–Trinajstić information content (AvgIpc) is 3.68. The zero-order chi connectivity index (χ0) is 29.7. The maximum Gasteiger partial charge on any atom is 0.137 e. The lowest BCUT2D eigenvalue weighted by Gasteiger charge is -2.11. The molecule has 9 rings (SSSR count). The van der Waals surface area contributed by atoms with E-state index in [1.165, 1.54) is 22.3 Å². The molecule has 0 bridgehead atoms. The predicted molar refractivity (Wildman–Crippen MR) is 187 cm³/mol. The van der Waals surface area contributed by atoms with Crippen LogP contribution >= 0.6 is 0 Å². The second-order valence-electron chi connectivity index (χ2n) is 11.4. The van der Waals surface area contributed by atoms with Gasteiger partial charge in [-0.25, -0.2) is 0 Å². The van der Waals surface area contributed by atoms with Crippen LogP contribution in [0.2, 0.25) is 0 Å². The van der Waals surface area contributed by atoms with Crippen molar-refractivity contribution in [2.24, 2.45) is 0 Å². The van der Waals surface area contributed by atoms with Gasteiger partial charge < -0.3 is 14.2 Å². The SMILES string of the molecule is c1ccc(-c2ccc3oc4cccc(Nc5cccc6oc7ccc(-c8ccccc8-c8ccccc8)cc7c56)c4c3c2)cc1. The molecule has 0 unspecified atom stereocenters. The molecule has 0 fully saturated rings. The summed E-state index contributed by atoms with van der Waals surface area (Å²) in [6.45, 7) is 0. The van der Waals surface area contributed by atoms with Gasteiger partial charge in [-0.2, -0.15) is 0 Å². The van der Waals surface area contributed by atoms with Crippen LogP contribution in [0.25, 0.3) is 77.3 Å². The van der Waals surface area contributed by atoms with Gasteiger partial charge in [-0.15, -0.1) is 0 Å². The zero-order valence-corrected chi connectivity index (χ0v) is 24.3. The van der Waals surface area contributed by atoms with Gasteiger partial charge >= 0.3 is 0 Å². The van der Waals surface area contributed by atoms with Crippen LogP contribution in [0.1, 0.15) is 0 Å². The number of hydrogen-bond donors (Lipinski definition) is 1. The van der Waals surface area contributed by atoms with E-state index in [0.29, 0.717) is 0 Å². The van der Waals surface area contributed by atoms with Crippen molar-refractivity contribution in [2.45, 2.75) is 0 Å². The molecule has 0 spiro atoms. The molecule has 0 radical (unpaired) electrons. The molecule has 2 aromatic heterocycles. The van der Waals surface area contributed by atoms with E-state index >= 15 is 0 Å². The van der Waals surface area contributed by atoms with Gasteiger partial charge in [0.15, 0.2) is 0 Å². The minimum absolute atomic E-state index is 0.846. The Morgan fingerprint density at radius 3 is 1.42 bits per heavy atom. The number of furan rings is 2. The molecular formula is C42H27NO2. The van der Waals surface area contributed by atoms with E-state index in [4.69, 9.17) is 8.83 Å². The van der Waals surface area contributed by atoms with Crippen LogP contribution in [0.3, 0.4) is 0 Å². The summed E-state index contributed by atoms with van der Waals surface area (Å²) in [6, 6.07) is 54.9. The molecule has 45 heavy (non-hydrogen) atoms. The number of fused-ring (bicyclic) bond motifs is 6. The quantitative estimate of drug-likeness (QED) is 0.221. The fraction of sp³-hybridized carbons (Fsp3) is 0. The van der Waals surface area contributed by atoms with Crippen LogP contribution < -0.4 is 5.32 Å². The molecule has 9 aromatic rings. The maximum atomic E-state index is 6.39. The predicted octanol–water partition coefficient (Wildman–Crippen LogP) is 12.2. The number of benzene rings is 7. The third kappa shape index (κ3) is 4.29. The van der Waals surface area contributed by atoms with Gasteiger partial charge in [-0.05, 0) is 81.9 Å². The van der Waals surface area contributed by atoms with Crippen molar-refractivity contribution in [3.05, 3.63) is 158 Å². The van der Waals surface area contributed by atoms with E-state index in [-0.39, 0.29) is 0 Å². The fourth-order valence-corrected chi connectivity index (χ4v) is 6.59. The van der Waals surface area contributed by atoms with Gasteiger partial charge in [0.05, 0.1) is 22.1 Å². The van der Waals surface area contributed by atoms with Gasteiger partial charge in [0.2, 0.25) is 0 Å². The molecule has 0 aliphatic carbocycles. The fourth-order valence-electron chi connectivity index (χ4n) is 6.59. The lowest BCUT2D eigenvalue weighted by Crippen LogP contribution is -1.92. The first-order valence-corrected chi connectivity index (χ1v) is 15.2. The Labute approximate surface area is 260 Å². The number of rotatable bonds is 5. The van der Waals surface area contributed by atoms with Gasteiger partial charge in [-0.1, -0.05) is 109 Å². The summed E-state index contributed by atoms with van der Waals surface area (Å²) in [5, 5.41) is 8.06.